The summed E-state index contributed by atoms with van der Waals surface area (Å²) in [6.45, 7) is 1.53. The molecule has 1 aliphatic carbocycles. The summed E-state index contributed by atoms with van der Waals surface area (Å²) in [6, 6.07) is 0. The predicted octanol–water partition coefficient (Wildman–Crippen LogP) is 2.43. The van der Waals surface area contributed by atoms with E-state index in [1.54, 1.807) is 4.90 Å². The third-order valence-electron chi connectivity index (χ3n) is 3.36. The molecule has 15 heavy (non-hydrogen) atoms. The largest absolute Gasteiger partial charge is 0.342 e. The van der Waals surface area contributed by atoms with Crippen molar-refractivity contribution in [1.82, 2.24) is 4.90 Å². The Balaban J connectivity index is 1.85. The van der Waals surface area contributed by atoms with Crippen LogP contribution in [-0.4, -0.2) is 29.8 Å². The van der Waals surface area contributed by atoms with E-state index in [2.05, 4.69) is 0 Å². The lowest BCUT2D eigenvalue weighted by Gasteiger charge is -2.36. The van der Waals surface area contributed by atoms with E-state index in [0.717, 1.165) is 38.8 Å². The van der Waals surface area contributed by atoms with Crippen LogP contribution in [0.1, 0.15) is 38.5 Å². The molecule has 0 atom stereocenters. The molecule has 0 aromatic heterocycles. The zero-order valence-corrected chi connectivity index (χ0v) is 8.85. The van der Waals surface area contributed by atoms with Gasteiger partial charge in [-0.25, -0.2) is 8.78 Å². The third-order valence-corrected chi connectivity index (χ3v) is 3.36. The van der Waals surface area contributed by atoms with E-state index < -0.39 is 11.8 Å². The predicted molar refractivity (Wildman–Crippen MR) is 52.7 cm³/mol. The van der Waals surface area contributed by atoms with Crippen LogP contribution in [0.25, 0.3) is 0 Å². The summed E-state index contributed by atoms with van der Waals surface area (Å²) in [6.07, 6.45) is 3.89. The molecule has 1 aliphatic heterocycles. The topological polar surface area (TPSA) is 20.3 Å². The smallest absolute Gasteiger partial charge is 0.249 e. The van der Waals surface area contributed by atoms with E-state index in [4.69, 9.17) is 0 Å². The number of amides is 1. The maximum absolute atomic E-state index is 12.6. The van der Waals surface area contributed by atoms with Gasteiger partial charge in [0, 0.05) is 31.8 Å². The highest BCUT2D eigenvalue weighted by atomic mass is 19.3. The molecule has 2 aliphatic rings. The van der Waals surface area contributed by atoms with Crippen LogP contribution in [0, 0.1) is 5.92 Å². The Bertz CT molecular complexity index is 239. The number of hydrogen-bond acceptors (Lipinski definition) is 1. The summed E-state index contributed by atoms with van der Waals surface area (Å²) < 4.78 is 25.3. The van der Waals surface area contributed by atoms with Crippen molar-refractivity contribution in [2.24, 2.45) is 5.92 Å². The summed E-state index contributed by atoms with van der Waals surface area (Å²) >= 11 is 0. The Labute approximate surface area is 88.6 Å². The molecule has 0 unspecified atom stereocenters. The number of halogens is 2. The normalized spacial score (nSPS) is 26.9. The maximum Gasteiger partial charge on any atom is 0.249 e. The number of carbonyl (C=O) groups excluding carboxylic acids is 1. The standard InChI is InChI=1S/C11H17F2NO/c12-11(13)7-9(8-11)10(15)14-5-3-1-2-4-6-14/h9H,1-8H2. The first-order chi connectivity index (χ1) is 7.08. The lowest BCUT2D eigenvalue weighted by molar-refractivity contribution is -0.159. The van der Waals surface area contributed by atoms with Crippen molar-refractivity contribution in [1.29, 1.82) is 0 Å². The average molecular weight is 217 g/mol. The Morgan fingerprint density at radius 2 is 1.60 bits per heavy atom. The SMILES string of the molecule is O=C(C1CC(F)(F)C1)N1CCCCCC1. The lowest BCUT2D eigenvalue weighted by atomic mass is 9.80. The molecular formula is C11H17F2NO. The van der Waals surface area contributed by atoms with Crippen molar-refractivity contribution in [3.05, 3.63) is 0 Å². The molecule has 0 aromatic rings. The van der Waals surface area contributed by atoms with Gasteiger partial charge in [0.1, 0.15) is 0 Å². The van der Waals surface area contributed by atoms with Crippen LogP contribution in [-0.2, 0) is 4.79 Å². The molecule has 2 fully saturated rings. The van der Waals surface area contributed by atoms with Gasteiger partial charge in [0.05, 0.1) is 0 Å². The van der Waals surface area contributed by atoms with Crippen molar-refractivity contribution in [3.8, 4) is 0 Å². The second-order valence-electron chi connectivity index (χ2n) is 4.70. The average Bonchev–Trinajstić information content (AvgIpc) is 2.40. The second kappa shape index (κ2) is 4.06. The molecule has 1 heterocycles. The summed E-state index contributed by atoms with van der Waals surface area (Å²) in [5.41, 5.74) is 0. The number of alkyl halides is 2. The first-order valence-corrected chi connectivity index (χ1v) is 5.75. The van der Waals surface area contributed by atoms with Crippen LogP contribution in [0.15, 0.2) is 0 Å². The Morgan fingerprint density at radius 3 is 2.07 bits per heavy atom. The summed E-state index contributed by atoms with van der Waals surface area (Å²) in [7, 11) is 0. The molecule has 0 radical (unpaired) electrons. The molecule has 1 saturated carbocycles. The quantitative estimate of drug-likeness (QED) is 0.660. The Kier molecular flexibility index (Phi) is 2.94. The highest BCUT2D eigenvalue weighted by Gasteiger charge is 2.49. The van der Waals surface area contributed by atoms with Gasteiger partial charge in [-0.15, -0.1) is 0 Å². The van der Waals surface area contributed by atoms with Crippen molar-refractivity contribution in [2.45, 2.75) is 44.4 Å². The van der Waals surface area contributed by atoms with E-state index in [1.165, 1.54) is 0 Å². The molecule has 0 bridgehead atoms. The number of rotatable bonds is 1. The minimum Gasteiger partial charge on any atom is -0.342 e. The molecule has 0 aromatic carbocycles. The van der Waals surface area contributed by atoms with E-state index >= 15 is 0 Å². The zero-order valence-electron chi connectivity index (χ0n) is 8.85. The van der Waals surface area contributed by atoms with Crippen LogP contribution in [0.4, 0.5) is 8.78 Å². The van der Waals surface area contributed by atoms with Crippen molar-refractivity contribution in [2.75, 3.05) is 13.1 Å². The molecule has 4 heteroatoms. The van der Waals surface area contributed by atoms with Gasteiger partial charge in [-0.1, -0.05) is 12.8 Å². The Morgan fingerprint density at radius 1 is 1.07 bits per heavy atom. The zero-order chi connectivity index (χ0) is 10.9. The van der Waals surface area contributed by atoms with Gasteiger partial charge in [0.25, 0.3) is 0 Å². The maximum atomic E-state index is 12.6. The van der Waals surface area contributed by atoms with E-state index in [1.807, 2.05) is 0 Å². The Hall–Kier alpha value is -0.670. The summed E-state index contributed by atoms with van der Waals surface area (Å²) in [4.78, 5) is 13.6. The molecule has 86 valence electrons. The van der Waals surface area contributed by atoms with Gasteiger partial charge in [-0.3, -0.25) is 4.79 Å². The number of hydrogen-bond donors (Lipinski definition) is 0. The number of nitrogens with zero attached hydrogens (tertiary/aromatic N) is 1. The van der Waals surface area contributed by atoms with E-state index in [9.17, 15) is 13.6 Å². The first kappa shape index (κ1) is 10.8. The van der Waals surface area contributed by atoms with Crippen molar-refractivity contribution >= 4 is 5.91 Å². The fourth-order valence-electron chi connectivity index (χ4n) is 2.39. The van der Waals surface area contributed by atoms with Gasteiger partial charge < -0.3 is 4.90 Å². The summed E-state index contributed by atoms with van der Waals surface area (Å²) in [5, 5.41) is 0. The molecule has 2 rings (SSSR count). The van der Waals surface area contributed by atoms with Gasteiger partial charge in [0.15, 0.2) is 0 Å². The fourth-order valence-corrected chi connectivity index (χ4v) is 2.39. The highest BCUT2D eigenvalue weighted by molar-refractivity contribution is 5.80. The highest BCUT2D eigenvalue weighted by Crippen LogP contribution is 2.43. The van der Waals surface area contributed by atoms with E-state index in [0.29, 0.717) is 0 Å². The van der Waals surface area contributed by atoms with Crippen LogP contribution in [0.3, 0.4) is 0 Å². The number of likely N-dealkylation sites (tertiary alicyclic amines) is 1. The van der Waals surface area contributed by atoms with E-state index in [-0.39, 0.29) is 18.7 Å². The summed E-state index contributed by atoms with van der Waals surface area (Å²) in [5.74, 6) is -3.02. The molecule has 1 amide bonds. The minimum absolute atomic E-state index is 0.0391. The molecule has 1 saturated heterocycles. The molecule has 0 N–H and O–H groups in total. The van der Waals surface area contributed by atoms with Crippen molar-refractivity contribution < 1.29 is 13.6 Å². The van der Waals surface area contributed by atoms with Gasteiger partial charge >= 0.3 is 0 Å². The van der Waals surface area contributed by atoms with Crippen LogP contribution in [0.5, 0.6) is 0 Å². The van der Waals surface area contributed by atoms with Crippen LogP contribution >= 0.6 is 0 Å². The monoisotopic (exact) mass is 217 g/mol. The first-order valence-electron chi connectivity index (χ1n) is 5.75. The molecular weight excluding hydrogens is 200 g/mol. The molecule has 2 nitrogen and oxygen atoms in total. The fraction of sp³-hybridized carbons (Fsp3) is 0.909. The lowest BCUT2D eigenvalue weighted by Crippen LogP contribution is -2.47. The van der Waals surface area contributed by atoms with Crippen LogP contribution in [0.2, 0.25) is 0 Å². The van der Waals surface area contributed by atoms with Gasteiger partial charge in [0.2, 0.25) is 11.8 Å². The van der Waals surface area contributed by atoms with Crippen molar-refractivity contribution in [3.63, 3.8) is 0 Å². The van der Waals surface area contributed by atoms with Gasteiger partial charge in [-0.2, -0.15) is 0 Å². The molecule has 0 spiro atoms. The minimum atomic E-state index is -2.58. The second-order valence-corrected chi connectivity index (χ2v) is 4.70. The van der Waals surface area contributed by atoms with Gasteiger partial charge in [-0.05, 0) is 12.8 Å². The van der Waals surface area contributed by atoms with Crippen LogP contribution < -0.4 is 0 Å². The third kappa shape index (κ3) is 2.47. The number of carbonyl (C=O) groups is 1.